The number of rotatable bonds is 6. The molecule has 0 radical (unpaired) electrons. The number of esters is 1. The van der Waals surface area contributed by atoms with E-state index in [1.165, 1.54) is 31.2 Å². The summed E-state index contributed by atoms with van der Waals surface area (Å²) in [7, 11) is -3.36. The average Bonchev–Trinajstić information content (AvgIpc) is 2.36. The molecule has 1 rings (SSSR count). The zero-order valence-corrected chi connectivity index (χ0v) is 13.2. The van der Waals surface area contributed by atoms with Crippen molar-refractivity contribution < 1.29 is 22.7 Å². The number of ketones is 1. The van der Waals surface area contributed by atoms with Crippen LogP contribution in [0.3, 0.4) is 0 Å². The molecule has 1 atom stereocenters. The number of carbonyl (C=O) groups is 2. The van der Waals surface area contributed by atoms with Crippen LogP contribution in [-0.4, -0.2) is 32.5 Å². The first kappa shape index (κ1) is 17.2. The van der Waals surface area contributed by atoms with Gasteiger partial charge in [-0.15, -0.1) is 0 Å². The summed E-state index contributed by atoms with van der Waals surface area (Å²) in [5.41, 5.74) is 0.707. The predicted octanol–water partition coefficient (Wildman–Crippen LogP) is 1.83. The molecule has 0 spiro atoms. The number of carbonyl (C=O) groups excluding carboxylic acids is 2. The van der Waals surface area contributed by atoms with Crippen LogP contribution in [0.15, 0.2) is 24.3 Å². The van der Waals surface area contributed by atoms with Gasteiger partial charge in [-0.2, -0.15) is 0 Å². The van der Waals surface area contributed by atoms with Crippen molar-refractivity contribution in [2.24, 2.45) is 5.92 Å². The van der Waals surface area contributed by atoms with Crippen LogP contribution in [0, 0.1) is 5.92 Å². The molecule has 116 valence electrons. The van der Waals surface area contributed by atoms with Crippen molar-refractivity contribution in [2.75, 3.05) is 11.0 Å². The molecular formula is C14H19NO5S. The minimum absolute atomic E-state index is 0.304. The van der Waals surface area contributed by atoms with E-state index in [4.69, 9.17) is 4.74 Å². The number of hydrogen-bond acceptors (Lipinski definition) is 5. The highest BCUT2D eigenvalue weighted by Gasteiger charge is 2.21. The summed E-state index contributed by atoms with van der Waals surface area (Å²) in [6.07, 6.45) is 0.160. The number of sulfonamides is 1. The fourth-order valence-electron chi connectivity index (χ4n) is 1.52. The molecule has 0 aliphatic rings. The molecule has 7 heteroatoms. The summed E-state index contributed by atoms with van der Waals surface area (Å²) in [4.78, 5) is 23.5. The Morgan fingerprint density at radius 3 is 2.05 bits per heavy atom. The van der Waals surface area contributed by atoms with Gasteiger partial charge in [0, 0.05) is 11.3 Å². The average molecular weight is 313 g/mol. The zero-order chi connectivity index (χ0) is 16.2. The Hall–Kier alpha value is -1.89. The summed E-state index contributed by atoms with van der Waals surface area (Å²) in [5, 5.41) is 0. The van der Waals surface area contributed by atoms with Gasteiger partial charge in [0.2, 0.25) is 15.8 Å². The molecule has 0 amide bonds. The van der Waals surface area contributed by atoms with E-state index in [1.807, 2.05) is 0 Å². The van der Waals surface area contributed by atoms with E-state index in [9.17, 15) is 18.0 Å². The van der Waals surface area contributed by atoms with Gasteiger partial charge in [-0.05, 0) is 31.2 Å². The summed E-state index contributed by atoms with van der Waals surface area (Å²) >= 11 is 0. The van der Waals surface area contributed by atoms with Gasteiger partial charge in [0.05, 0.1) is 12.2 Å². The van der Waals surface area contributed by atoms with Crippen LogP contribution in [0.4, 0.5) is 5.69 Å². The molecule has 0 saturated carbocycles. The quantitative estimate of drug-likeness (QED) is 0.639. The van der Waals surface area contributed by atoms with Crippen molar-refractivity contribution in [2.45, 2.75) is 26.9 Å². The van der Waals surface area contributed by atoms with E-state index < -0.39 is 22.1 Å². The standard InChI is InChI=1S/C14H19NO5S/c1-9(2)14(17)20-10(3)13(16)11-5-7-12(8-6-11)15-21(4,18)19/h5-10,15H,1-4H3/t10-/m1/s1. The van der Waals surface area contributed by atoms with E-state index in [0.717, 1.165) is 6.26 Å². The third-order valence-electron chi connectivity index (χ3n) is 2.61. The molecule has 0 aliphatic heterocycles. The number of ether oxygens (including phenoxy) is 1. The Kier molecular flexibility index (Phi) is 5.48. The fraction of sp³-hybridized carbons (Fsp3) is 0.429. The monoisotopic (exact) mass is 313 g/mol. The van der Waals surface area contributed by atoms with Crippen molar-refractivity contribution in [1.29, 1.82) is 0 Å². The van der Waals surface area contributed by atoms with Crippen LogP contribution in [0.5, 0.6) is 0 Å². The van der Waals surface area contributed by atoms with Crippen molar-refractivity contribution in [3.63, 3.8) is 0 Å². The fourth-order valence-corrected chi connectivity index (χ4v) is 2.08. The van der Waals surface area contributed by atoms with E-state index in [2.05, 4.69) is 4.72 Å². The van der Waals surface area contributed by atoms with Crippen LogP contribution in [0.1, 0.15) is 31.1 Å². The van der Waals surface area contributed by atoms with Crippen molar-refractivity contribution >= 4 is 27.5 Å². The molecule has 0 saturated heterocycles. The van der Waals surface area contributed by atoms with Crippen molar-refractivity contribution in [3.05, 3.63) is 29.8 Å². The van der Waals surface area contributed by atoms with Gasteiger partial charge in [-0.3, -0.25) is 14.3 Å². The van der Waals surface area contributed by atoms with Crippen LogP contribution in [0.25, 0.3) is 0 Å². The van der Waals surface area contributed by atoms with Gasteiger partial charge in [0.1, 0.15) is 0 Å². The summed E-state index contributed by atoms with van der Waals surface area (Å²) in [5.74, 6) is -1.08. The lowest BCUT2D eigenvalue weighted by Crippen LogP contribution is -2.26. The second-order valence-corrected chi connectivity index (χ2v) is 6.80. The molecular weight excluding hydrogens is 294 g/mol. The third-order valence-corrected chi connectivity index (χ3v) is 3.21. The summed E-state index contributed by atoms with van der Waals surface area (Å²) < 4.78 is 29.5. The maximum Gasteiger partial charge on any atom is 0.309 e. The molecule has 0 aliphatic carbocycles. The van der Waals surface area contributed by atoms with Crippen LogP contribution < -0.4 is 4.72 Å². The molecule has 1 aromatic rings. The Bertz CT molecular complexity index is 619. The van der Waals surface area contributed by atoms with Crippen molar-refractivity contribution in [3.8, 4) is 0 Å². The van der Waals surface area contributed by atoms with Gasteiger partial charge in [0.15, 0.2) is 6.10 Å². The van der Waals surface area contributed by atoms with Crippen LogP contribution >= 0.6 is 0 Å². The molecule has 0 heterocycles. The smallest absolute Gasteiger partial charge is 0.309 e. The first-order valence-corrected chi connectivity index (χ1v) is 8.32. The Labute approximate surface area is 124 Å². The maximum atomic E-state index is 12.1. The first-order valence-electron chi connectivity index (χ1n) is 6.42. The molecule has 21 heavy (non-hydrogen) atoms. The number of benzene rings is 1. The lowest BCUT2D eigenvalue weighted by molar-refractivity contribution is -0.150. The number of hydrogen-bond donors (Lipinski definition) is 1. The Balaban J connectivity index is 2.77. The van der Waals surface area contributed by atoms with E-state index in [-0.39, 0.29) is 11.7 Å². The highest BCUT2D eigenvalue weighted by Crippen LogP contribution is 2.14. The largest absolute Gasteiger partial charge is 0.454 e. The van der Waals surface area contributed by atoms with E-state index >= 15 is 0 Å². The molecule has 0 aromatic heterocycles. The zero-order valence-electron chi connectivity index (χ0n) is 12.4. The maximum absolute atomic E-state index is 12.1. The molecule has 1 aromatic carbocycles. The Morgan fingerprint density at radius 1 is 1.10 bits per heavy atom. The third kappa shape index (κ3) is 5.55. The van der Waals surface area contributed by atoms with Crippen LogP contribution in [0.2, 0.25) is 0 Å². The molecule has 1 N–H and O–H groups in total. The lowest BCUT2D eigenvalue weighted by Gasteiger charge is -2.14. The van der Waals surface area contributed by atoms with Gasteiger partial charge in [0.25, 0.3) is 0 Å². The van der Waals surface area contributed by atoms with E-state index in [0.29, 0.717) is 11.3 Å². The van der Waals surface area contributed by atoms with E-state index in [1.54, 1.807) is 13.8 Å². The molecule has 0 fully saturated rings. The second kappa shape index (κ2) is 6.71. The molecule has 0 bridgehead atoms. The van der Waals surface area contributed by atoms with Gasteiger partial charge >= 0.3 is 5.97 Å². The highest BCUT2D eigenvalue weighted by atomic mass is 32.2. The number of nitrogens with one attached hydrogen (secondary N) is 1. The normalized spacial score (nSPS) is 12.8. The predicted molar refractivity (Wildman–Crippen MR) is 79.6 cm³/mol. The number of anilines is 1. The minimum atomic E-state index is -3.36. The summed E-state index contributed by atoms with van der Waals surface area (Å²) in [6, 6.07) is 5.92. The second-order valence-electron chi connectivity index (χ2n) is 5.05. The molecule has 6 nitrogen and oxygen atoms in total. The minimum Gasteiger partial charge on any atom is -0.454 e. The van der Waals surface area contributed by atoms with Gasteiger partial charge in [-0.25, -0.2) is 8.42 Å². The topological polar surface area (TPSA) is 89.5 Å². The van der Waals surface area contributed by atoms with Crippen molar-refractivity contribution in [1.82, 2.24) is 0 Å². The Morgan fingerprint density at radius 2 is 1.62 bits per heavy atom. The van der Waals surface area contributed by atoms with Crippen LogP contribution in [-0.2, 0) is 19.6 Å². The van der Waals surface area contributed by atoms with Gasteiger partial charge < -0.3 is 4.74 Å². The first-order chi connectivity index (χ1) is 9.60. The summed E-state index contributed by atoms with van der Waals surface area (Å²) in [6.45, 7) is 4.88. The lowest BCUT2D eigenvalue weighted by atomic mass is 10.1. The van der Waals surface area contributed by atoms with Gasteiger partial charge in [-0.1, -0.05) is 13.8 Å². The molecule has 0 unspecified atom stereocenters. The number of Topliss-reactive ketones (excluding diaryl/α,β-unsaturated/α-hetero) is 1. The SMILES string of the molecule is CC(C)C(=O)O[C@H](C)C(=O)c1ccc(NS(C)(=O)=O)cc1. The highest BCUT2D eigenvalue weighted by molar-refractivity contribution is 7.92.